The van der Waals surface area contributed by atoms with E-state index in [2.05, 4.69) is 25.1 Å². The summed E-state index contributed by atoms with van der Waals surface area (Å²) in [7, 11) is 1.71. The lowest BCUT2D eigenvalue weighted by Gasteiger charge is -2.23. The van der Waals surface area contributed by atoms with Gasteiger partial charge < -0.3 is 4.74 Å². The molecular weight excluding hydrogens is 288 g/mol. The quantitative estimate of drug-likeness (QED) is 0.792. The van der Waals surface area contributed by atoms with E-state index in [1.54, 1.807) is 7.11 Å². The van der Waals surface area contributed by atoms with Gasteiger partial charge in [-0.2, -0.15) is 0 Å². The van der Waals surface area contributed by atoms with Crippen molar-refractivity contribution >= 4 is 17.1 Å². The van der Waals surface area contributed by atoms with Crippen molar-refractivity contribution in [3.63, 3.8) is 0 Å². The summed E-state index contributed by atoms with van der Waals surface area (Å²) in [4.78, 5) is 23.7. The zero-order valence-corrected chi connectivity index (χ0v) is 14.0. The van der Waals surface area contributed by atoms with Crippen LogP contribution in [0.3, 0.4) is 0 Å². The van der Waals surface area contributed by atoms with Crippen LogP contribution in [0, 0.1) is 5.92 Å². The zero-order chi connectivity index (χ0) is 16.4. The summed E-state index contributed by atoms with van der Waals surface area (Å²) in [5.74, 6) is 0.765. The maximum absolute atomic E-state index is 11.8. The van der Waals surface area contributed by atoms with Crippen LogP contribution in [0.2, 0.25) is 0 Å². The maximum Gasteiger partial charge on any atom is 0.144 e. The van der Waals surface area contributed by atoms with Crippen LogP contribution in [0.4, 0.5) is 0 Å². The number of ether oxygens (including phenoxy) is 1. The fraction of sp³-hybridized carbons (Fsp3) is 0.500. The molecule has 1 saturated carbocycles. The molecule has 0 saturated heterocycles. The van der Waals surface area contributed by atoms with Crippen molar-refractivity contribution in [3.05, 3.63) is 34.9 Å². The molecule has 0 heterocycles. The predicted molar refractivity (Wildman–Crippen MR) is 90.6 cm³/mol. The Hall–Kier alpha value is -1.90. The number of allylic oxidation sites excluding steroid dienone is 2. The van der Waals surface area contributed by atoms with Crippen molar-refractivity contribution in [1.29, 1.82) is 0 Å². The molecule has 2 aliphatic rings. The Morgan fingerprint density at radius 2 is 1.87 bits per heavy atom. The molecular formula is C20H24O3. The topological polar surface area (TPSA) is 43.4 Å². The number of carbonyl (C=O) groups excluding carboxylic acids is 2. The molecule has 0 atom stereocenters. The van der Waals surface area contributed by atoms with Gasteiger partial charge in [0.15, 0.2) is 0 Å². The maximum atomic E-state index is 11.8. The first-order valence-electron chi connectivity index (χ1n) is 8.58. The van der Waals surface area contributed by atoms with Gasteiger partial charge in [-0.3, -0.25) is 9.59 Å². The van der Waals surface area contributed by atoms with Gasteiger partial charge in [0, 0.05) is 12.8 Å². The van der Waals surface area contributed by atoms with Crippen molar-refractivity contribution < 1.29 is 14.3 Å². The number of fused-ring (bicyclic) bond motifs is 1. The lowest BCUT2D eigenvalue weighted by Crippen LogP contribution is -2.13. The average molecular weight is 312 g/mol. The molecule has 3 nitrogen and oxygen atoms in total. The molecule has 1 aromatic rings. The van der Waals surface area contributed by atoms with Crippen LogP contribution in [-0.2, 0) is 22.4 Å². The normalized spacial score (nSPS) is 20.2. The zero-order valence-electron chi connectivity index (χ0n) is 14.0. The van der Waals surface area contributed by atoms with E-state index >= 15 is 0 Å². The number of aryl methyl sites for hydroxylation is 2. The molecule has 1 aromatic carbocycles. The molecule has 0 bridgehead atoms. The van der Waals surface area contributed by atoms with Crippen molar-refractivity contribution in [2.24, 2.45) is 5.92 Å². The number of benzene rings is 1. The minimum atomic E-state index is -0.392. The summed E-state index contributed by atoms with van der Waals surface area (Å²) in [6, 6.07) is 4.25. The molecule has 0 amide bonds. The molecule has 1 fully saturated rings. The standard InChI is InChI=1S/C20H24O3/c1-3-13-11-16(23-2)12-15-6-4-5-14(20(13)15)7-8-17-18(21)9-10-19(17)22/h7,11-12,17H,3-6,8-10H2,1-2H3/b14-7+. The number of rotatable bonds is 4. The summed E-state index contributed by atoms with van der Waals surface area (Å²) < 4.78 is 5.42. The monoisotopic (exact) mass is 312 g/mol. The third-order valence-electron chi connectivity index (χ3n) is 5.10. The SMILES string of the molecule is CCc1cc(OC)cc2c1/C(=C/CC1C(=O)CCC1=O)CCC2. The number of hydrogen-bond donors (Lipinski definition) is 0. The molecule has 0 aliphatic heterocycles. The smallest absolute Gasteiger partial charge is 0.144 e. The van der Waals surface area contributed by atoms with Gasteiger partial charge in [0.05, 0.1) is 13.0 Å². The minimum Gasteiger partial charge on any atom is -0.497 e. The molecule has 3 heteroatoms. The minimum absolute atomic E-state index is 0.119. The van der Waals surface area contributed by atoms with E-state index in [0.29, 0.717) is 19.3 Å². The summed E-state index contributed by atoms with van der Waals surface area (Å²) in [5, 5.41) is 0. The van der Waals surface area contributed by atoms with Gasteiger partial charge in [0.1, 0.15) is 17.3 Å². The van der Waals surface area contributed by atoms with Gasteiger partial charge in [-0.25, -0.2) is 0 Å². The second-order valence-corrected chi connectivity index (χ2v) is 6.48. The van der Waals surface area contributed by atoms with Gasteiger partial charge >= 0.3 is 0 Å². The van der Waals surface area contributed by atoms with E-state index in [1.165, 1.54) is 22.3 Å². The van der Waals surface area contributed by atoms with Crippen LogP contribution in [0.1, 0.15) is 55.7 Å². The van der Waals surface area contributed by atoms with Crippen molar-refractivity contribution in [2.75, 3.05) is 7.11 Å². The van der Waals surface area contributed by atoms with Crippen molar-refractivity contribution in [3.8, 4) is 5.75 Å². The Morgan fingerprint density at radius 1 is 1.13 bits per heavy atom. The molecule has 0 radical (unpaired) electrons. The Balaban J connectivity index is 1.93. The Morgan fingerprint density at radius 3 is 2.52 bits per heavy atom. The largest absolute Gasteiger partial charge is 0.497 e. The van der Waals surface area contributed by atoms with Gasteiger partial charge in [0.2, 0.25) is 0 Å². The fourth-order valence-corrected chi connectivity index (χ4v) is 3.84. The Kier molecular flexibility index (Phi) is 4.65. The lowest BCUT2D eigenvalue weighted by atomic mass is 9.82. The summed E-state index contributed by atoms with van der Waals surface area (Å²) in [6.45, 7) is 2.16. The summed E-state index contributed by atoms with van der Waals surface area (Å²) in [5.41, 5.74) is 5.27. The van der Waals surface area contributed by atoms with E-state index in [-0.39, 0.29) is 11.6 Å². The molecule has 0 aromatic heterocycles. The molecule has 3 rings (SSSR count). The molecule has 0 unspecified atom stereocenters. The predicted octanol–water partition coefficient (Wildman–Crippen LogP) is 3.92. The fourth-order valence-electron chi connectivity index (χ4n) is 3.84. The van der Waals surface area contributed by atoms with E-state index in [9.17, 15) is 9.59 Å². The number of hydrogen-bond acceptors (Lipinski definition) is 3. The van der Waals surface area contributed by atoms with Crippen LogP contribution in [0.5, 0.6) is 5.75 Å². The highest BCUT2D eigenvalue weighted by Crippen LogP contribution is 2.37. The first kappa shape index (κ1) is 16.0. The van der Waals surface area contributed by atoms with Crippen molar-refractivity contribution in [1.82, 2.24) is 0 Å². The second kappa shape index (κ2) is 6.69. The van der Waals surface area contributed by atoms with Gasteiger partial charge in [-0.15, -0.1) is 0 Å². The van der Waals surface area contributed by atoms with Crippen molar-refractivity contribution in [2.45, 2.75) is 51.9 Å². The Bertz CT molecular complexity index is 636. The first-order valence-corrected chi connectivity index (χ1v) is 8.58. The summed E-state index contributed by atoms with van der Waals surface area (Å²) in [6.07, 6.45) is 7.75. The highest BCUT2D eigenvalue weighted by molar-refractivity contribution is 6.08. The van der Waals surface area contributed by atoms with Gasteiger partial charge in [-0.05, 0) is 66.5 Å². The van der Waals surface area contributed by atoms with E-state index in [4.69, 9.17) is 4.74 Å². The highest BCUT2D eigenvalue weighted by Gasteiger charge is 2.32. The molecule has 23 heavy (non-hydrogen) atoms. The van der Waals surface area contributed by atoms with E-state index < -0.39 is 5.92 Å². The van der Waals surface area contributed by atoms with Crippen LogP contribution < -0.4 is 4.74 Å². The molecule has 122 valence electrons. The number of methoxy groups -OCH3 is 1. The summed E-state index contributed by atoms with van der Waals surface area (Å²) >= 11 is 0. The third kappa shape index (κ3) is 3.10. The van der Waals surface area contributed by atoms with Crippen LogP contribution in [0.15, 0.2) is 18.2 Å². The molecule has 0 N–H and O–H groups in total. The lowest BCUT2D eigenvalue weighted by molar-refractivity contribution is -0.126. The average Bonchev–Trinajstić information content (AvgIpc) is 2.90. The Labute approximate surface area is 137 Å². The third-order valence-corrected chi connectivity index (χ3v) is 5.10. The second-order valence-electron chi connectivity index (χ2n) is 6.48. The number of carbonyl (C=O) groups is 2. The van der Waals surface area contributed by atoms with Crippen LogP contribution >= 0.6 is 0 Å². The number of ketones is 2. The van der Waals surface area contributed by atoms with Gasteiger partial charge in [-0.1, -0.05) is 13.0 Å². The van der Waals surface area contributed by atoms with Crippen LogP contribution in [0.25, 0.3) is 5.57 Å². The van der Waals surface area contributed by atoms with Gasteiger partial charge in [0.25, 0.3) is 0 Å². The van der Waals surface area contributed by atoms with Crippen LogP contribution in [-0.4, -0.2) is 18.7 Å². The molecule has 2 aliphatic carbocycles. The van der Waals surface area contributed by atoms with E-state index in [1.807, 2.05) is 0 Å². The number of Topliss-reactive ketones (excluding diaryl/α,β-unsaturated/α-hetero) is 2. The first-order chi connectivity index (χ1) is 11.1. The molecule has 0 spiro atoms. The van der Waals surface area contributed by atoms with E-state index in [0.717, 1.165) is 31.4 Å². The highest BCUT2D eigenvalue weighted by atomic mass is 16.5.